The number of anilines is 2. The van der Waals surface area contributed by atoms with E-state index in [-0.39, 0.29) is 0 Å². The summed E-state index contributed by atoms with van der Waals surface area (Å²) in [7, 11) is 3.91. The maximum Gasteiger partial charge on any atom is 0.127 e. The summed E-state index contributed by atoms with van der Waals surface area (Å²) >= 11 is 3.33. The molecule has 2 heterocycles. The smallest absolute Gasteiger partial charge is 0.127 e. The van der Waals surface area contributed by atoms with Crippen LogP contribution < -0.4 is 10.6 Å². The SMILES string of the molecule is CN(C)c1ccc(-c2ncc(Br)cc2N)cn1. The molecule has 4 nitrogen and oxygen atoms in total. The van der Waals surface area contributed by atoms with E-state index < -0.39 is 0 Å². The molecule has 0 amide bonds. The zero-order valence-electron chi connectivity index (χ0n) is 9.68. The van der Waals surface area contributed by atoms with E-state index >= 15 is 0 Å². The van der Waals surface area contributed by atoms with Crippen LogP contribution in [-0.4, -0.2) is 24.1 Å². The Hall–Kier alpha value is -1.62. The summed E-state index contributed by atoms with van der Waals surface area (Å²) in [6, 6.07) is 5.75. The molecule has 0 atom stereocenters. The Bertz CT molecular complexity index is 523. The first-order valence-electron chi connectivity index (χ1n) is 5.12. The Labute approximate surface area is 109 Å². The van der Waals surface area contributed by atoms with Gasteiger partial charge in [-0.05, 0) is 34.1 Å². The van der Waals surface area contributed by atoms with Gasteiger partial charge >= 0.3 is 0 Å². The molecule has 88 valence electrons. The fourth-order valence-corrected chi connectivity index (χ4v) is 1.84. The predicted molar refractivity (Wildman–Crippen MR) is 73.9 cm³/mol. The zero-order valence-corrected chi connectivity index (χ0v) is 11.3. The molecule has 17 heavy (non-hydrogen) atoms. The van der Waals surface area contributed by atoms with Crippen molar-refractivity contribution in [3.05, 3.63) is 35.1 Å². The Morgan fingerprint density at radius 2 is 1.94 bits per heavy atom. The fourth-order valence-electron chi connectivity index (χ4n) is 1.49. The molecule has 0 aliphatic heterocycles. The van der Waals surface area contributed by atoms with Gasteiger partial charge in [0.1, 0.15) is 5.82 Å². The summed E-state index contributed by atoms with van der Waals surface area (Å²) in [6.07, 6.45) is 3.51. The summed E-state index contributed by atoms with van der Waals surface area (Å²) < 4.78 is 0.872. The second-order valence-electron chi connectivity index (χ2n) is 3.89. The van der Waals surface area contributed by atoms with Gasteiger partial charge in [0.05, 0.1) is 11.4 Å². The molecule has 2 N–H and O–H groups in total. The van der Waals surface area contributed by atoms with Crippen LogP contribution in [0.4, 0.5) is 11.5 Å². The number of halogens is 1. The fraction of sp³-hybridized carbons (Fsp3) is 0.167. The monoisotopic (exact) mass is 292 g/mol. The van der Waals surface area contributed by atoms with Crippen LogP contribution in [0.1, 0.15) is 0 Å². The van der Waals surface area contributed by atoms with E-state index in [2.05, 4.69) is 25.9 Å². The Morgan fingerprint density at radius 1 is 1.18 bits per heavy atom. The first-order valence-corrected chi connectivity index (χ1v) is 5.92. The Morgan fingerprint density at radius 3 is 2.47 bits per heavy atom. The minimum atomic E-state index is 0.638. The van der Waals surface area contributed by atoms with E-state index in [9.17, 15) is 0 Å². The van der Waals surface area contributed by atoms with Gasteiger partial charge in [0.2, 0.25) is 0 Å². The van der Waals surface area contributed by atoms with Crippen LogP contribution in [-0.2, 0) is 0 Å². The van der Waals surface area contributed by atoms with E-state index in [1.807, 2.05) is 37.2 Å². The largest absolute Gasteiger partial charge is 0.397 e. The van der Waals surface area contributed by atoms with Gasteiger partial charge in [-0.15, -0.1) is 0 Å². The molecule has 0 bridgehead atoms. The molecule has 0 fully saturated rings. The minimum Gasteiger partial charge on any atom is -0.397 e. The lowest BCUT2D eigenvalue weighted by Crippen LogP contribution is -2.10. The molecule has 0 unspecified atom stereocenters. The van der Waals surface area contributed by atoms with Crippen LogP contribution in [0.15, 0.2) is 35.1 Å². The van der Waals surface area contributed by atoms with Gasteiger partial charge in [0.15, 0.2) is 0 Å². The molecular weight excluding hydrogens is 280 g/mol. The van der Waals surface area contributed by atoms with Crippen LogP contribution in [0.5, 0.6) is 0 Å². The molecule has 2 rings (SSSR count). The first kappa shape index (κ1) is 11.9. The van der Waals surface area contributed by atoms with Crippen molar-refractivity contribution in [1.82, 2.24) is 9.97 Å². The summed E-state index contributed by atoms with van der Waals surface area (Å²) in [5.41, 5.74) is 8.23. The maximum atomic E-state index is 5.92. The number of nitrogens with zero attached hydrogens (tertiary/aromatic N) is 3. The van der Waals surface area contributed by atoms with Crippen molar-refractivity contribution in [2.24, 2.45) is 0 Å². The molecular formula is C12H13BrN4. The summed E-state index contributed by atoms with van der Waals surface area (Å²) in [5.74, 6) is 0.907. The third-order valence-corrected chi connectivity index (χ3v) is 2.80. The average molecular weight is 293 g/mol. The summed E-state index contributed by atoms with van der Waals surface area (Å²) in [5, 5.41) is 0. The number of rotatable bonds is 2. The van der Waals surface area contributed by atoms with Crippen molar-refractivity contribution in [2.45, 2.75) is 0 Å². The lowest BCUT2D eigenvalue weighted by molar-refractivity contribution is 1.07. The molecule has 0 radical (unpaired) electrons. The van der Waals surface area contributed by atoms with Gasteiger partial charge in [-0.1, -0.05) is 0 Å². The number of nitrogens with two attached hydrogens (primary N) is 1. The lowest BCUT2D eigenvalue weighted by atomic mass is 10.1. The van der Waals surface area contributed by atoms with Gasteiger partial charge in [0, 0.05) is 36.5 Å². The van der Waals surface area contributed by atoms with Crippen LogP contribution in [0.2, 0.25) is 0 Å². The van der Waals surface area contributed by atoms with E-state index in [0.29, 0.717) is 5.69 Å². The van der Waals surface area contributed by atoms with Crippen molar-refractivity contribution in [1.29, 1.82) is 0 Å². The van der Waals surface area contributed by atoms with Crippen molar-refractivity contribution >= 4 is 27.4 Å². The highest BCUT2D eigenvalue weighted by Gasteiger charge is 2.06. The van der Waals surface area contributed by atoms with Crippen molar-refractivity contribution in [3.63, 3.8) is 0 Å². The molecule has 2 aromatic rings. The lowest BCUT2D eigenvalue weighted by Gasteiger charge is -2.11. The number of aromatic nitrogens is 2. The summed E-state index contributed by atoms with van der Waals surface area (Å²) in [6.45, 7) is 0. The standard InChI is InChI=1S/C12H13BrN4/c1-17(2)11-4-3-8(6-15-11)12-10(14)5-9(13)7-16-12/h3-7H,14H2,1-2H3. The van der Waals surface area contributed by atoms with Crippen molar-refractivity contribution in [3.8, 4) is 11.3 Å². The second-order valence-corrected chi connectivity index (χ2v) is 4.81. The van der Waals surface area contributed by atoms with Gasteiger partial charge in [-0.25, -0.2) is 4.98 Å². The third kappa shape index (κ3) is 2.55. The molecule has 0 aliphatic rings. The number of pyridine rings is 2. The van der Waals surface area contributed by atoms with E-state index in [1.54, 1.807) is 12.4 Å². The van der Waals surface area contributed by atoms with Crippen LogP contribution in [0.3, 0.4) is 0 Å². The highest BCUT2D eigenvalue weighted by atomic mass is 79.9. The number of nitrogen functional groups attached to an aromatic ring is 1. The highest BCUT2D eigenvalue weighted by Crippen LogP contribution is 2.26. The quantitative estimate of drug-likeness (QED) is 0.924. The maximum absolute atomic E-state index is 5.92. The van der Waals surface area contributed by atoms with E-state index in [1.165, 1.54) is 0 Å². The van der Waals surface area contributed by atoms with Gasteiger partial charge in [-0.2, -0.15) is 0 Å². The second kappa shape index (κ2) is 4.71. The number of hydrogen-bond acceptors (Lipinski definition) is 4. The van der Waals surface area contributed by atoms with Gasteiger partial charge in [0.25, 0.3) is 0 Å². The zero-order chi connectivity index (χ0) is 12.4. The molecule has 2 aromatic heterocycles. The molecule has 0 saturated carbocycles. The molecule has 0 aromatic carbocycles. The van der Waals surface area contributed by atoms with Crippen LogP contribution in [0, 0.1) is 0 Å². The molecule has 0 saturated heterocycles. The van der Waals surface area contributed by atoms with Crippen molar-refractivity contribution in [2.75, 3.05) is 24.7 Å². The minimum absolute atomic E-state index is 0.638. The van der Waals surface area contributed by atoms with Crippen molar-refractivity contribution < 1.29 is 0 Å². The summed E-state index contributed by atoms with van der Waals surface area (Å²) in [4.78, 5) is 10.6. The van der Waals surface area contributed by atoms with Gasteiger partial charge in [-0.3, -0.25) is 4.98 Å². The van der Waals surface area contributed by atoms with E-state index in [0.717, 1.165) is 21.5 Å². The van der Waals surface area contributed by atoms with Crippen LogP contribution >= 0.6 is 15.9 Å². The van der Waals surface area contributed by atoms with E-state index in [4.69, 9.17) is 5.73 Å². The Kier molecular flexibility index (Phi) is 3.28. The Balaban J connectivity index is 2.40. The normalized spacial score (nSPS) is 10.3. The third-order valence-electron chi connectivity index (χ3n) is 2.36. The molecule has 0 aliphatic carbocycles. The highest BCUT2D eigenvalue weighted by molar-refractivity contribution is 9.10. The molecule has 0 spiro atoms. The number of hydrogen-bond donors (Lipinski definition) is 1. The predicted octanol–water partition coefficient (Wildman–Crippen LogP) is 2.55. The first-order chi connectivity index (χ1) is 8.08. The van der Waals surface area contributed by atoms with Crippen LogP contribution in [0.25, 0.3) is 11.3 Å². The average Bonchev–Trinajstić information content (AvgIpc) is 2.29. The topological polar surface area (TPSA) is 55.0 Å². The molecule has 5 heteroatoms. The van der Waals surface area contributed by atoms with Gasteiger partial charge < -0.3 is 10.6 Å².